The number of hydrogen-bond donors (Lipinski definition) is 2. The quantitative estimate of drug-likeness (QED) is 0.472. The van der Waals surface area contributed by atoms with Gasteiger partial charge in [0.1, 0.15) is 0 Å². The highest BCUT2D eigenvalue weighted by Crippen LogP contribution is 1.95. The molecule has 0 bridgehead atoms. The summed E-state index contributed by atoms with van der Waals surface area (Å²) < 4.78 is 0. The third-order valence-electron chi connectivity index (χ3n) is 1.89. The van der Waals surface area contributed by atoms with Crippen LogP contribution in [0.25, 0.3) is 0 Å². The summed E-state index contributed by atoms with van der Waals surface area (Å²) >= 11 is 1.66. The first-order valence-corrected chi connectivity index (χ1v) is 6.83. The summed E-state index contributed by atoms with van der Waals surface area (Å²) in [5.74, 6) is 4.29. The van der Waals surface area contributed by atoms with Crippen LogP contribution in [0.2, 0.25) is 0 Å². The number of rotatable bonds is 9. The van der Waals surface area contributed by atoms with Crippen LogP contribution in [0.1, 0.15) is 26.7 Å². The Morgan fingerprint density at radius 3 is 2.81 bits per heavy atom. The lowest BCUT2D eigenvalue weighted by Gasteiger charge is -2.07. The Morgan fingerprint density at radius 2 is 2.19 bits per heavy atom. The summed E-state index contributed by atoms with van der Waals surface area (Å²) in [5.41, 5.74) is 0. The summed E-state index contributed by atoms with van der Waals surface area (Å²) in [6, 6.07) is 0.489. The van der Waals surface area contributed by atoms with E-state index in [-0.39, 0.29) is 5.91 Å². The maximum absolute atomic E-state index is 11.3. The Morgan fingerprint density at radius 1 is 1.44 bits per heavy atom. The third kappa shape index (κ3) is 11.4. The highest BCUT2D eigenvalue weighted by Gasteiger charge is 2.00. The van der Waals surface area contributed by atoms with Crippen LogP contribution in [0.5, 0.6) is 0 Å². The maximum Gasteiger partial charge on any atom is 0.220 e. The lowest BCUT2D eigenvalue weighted by atomic mass is 10.3. The molecule has 0 aliphatic carbocycles. The minimum absolute atomic E-state index is 0.131. The minimum atomic E-state index is 0.131. The molecule has 3 nitrogen and oxygen atoms in total. The number of amides is 1. The summed E-state index contributed by atoms with van der Waals surface area (Å²) in [5, 5.41) is 6.15. The van der Waals surface area contributed by atoms with Gasteiger partial charge in [0.15, 0.2) is 0 Å². The first kappa shape index (κ1) is 15.3. The molecule has 0 aliphatic heterocycles. The monoisotopic (exact) mass is 242 g/mol. The van der Waals surface area contributed by atoms with Crippen molar-refractivity contribution in [3.05, 3.63) is 0 Å². The van der Waals surface area contributed by atoms with Crippen molar-refractivity contribution < 1.29 is 4.79 Å². The van der Waals surface area contributed by atoms with E-state index in [9.17, 15) is 4.79 Å². The number of carbonyl (C=O) groups excluding carboxylic acids is 1. The maximum atomic E-state index is 11.3. The highest BCUT2D eigenvalue weighted by atomic mass is 32.2. The van der Waals surface area contributed by atoms with Gasteiger partial charge in [-0.1, -0.05) is 19.8 Å². The van der Waals surface area contributed by atoms with Crippen molar-refractivity contribution in [2.45, 2.75) is 32.7 Å². The molecule has 2 N–H and O–H groups in total. The Kier molecular flexibility index (Phi) is 10.4. The second-order valence-corrected chi connectivity index (χ2v) is 4.92. The zero-order valence-electron chi connectivity index (χ0n) is 10.2. The van der Waals surface area contributed by atoms with Gasteiger partial charge in [0, 0.05) is 24.8 Å². The van der Waals surface area contributed by atoms with Crippen LogP contribution in [0, 0.1) is 12.3 Å². The highest BCUT2D eigenvalue weighted by molar-refractivity contribution is 7.99. The average molecular weight is 242 g/mol. The average Bonchev–Trinajstić information content (AvgIpc) is 2.24. The fourth-order valence-electron chi connectivity index (χ4n) is 1.12. The number of nitrogens with one attached hydrogen (secondary N) is 2. The molecule has 0 atom stereocenters. The zero-order valence-corrected chi connectivity index (χ0v) is 11.0. The van der Waals surface area contributed by atoms with Gasteiger partial charge in [-0.05, 0) is 13.0 Å². The van der Waals surface area contributed by atoms with Crippen LogP contribution in [-0.2, 0) is 4.79 Å². The third-order valence-corrected chi connectivity index (χ3v) is 2.75. The molecule has 0 aliphatic rings. The smallest absolute Gasteiger partial charge is 0.220 e. The van der Waals surface area contributed by atoms with E-state index in [2.05, 4.69) is 30.4 Å². The fourth-order valence-corrected chi connectivity index (χ4v) is 1.63. The Bertz CT molecular complexity index is 224. The summed E-state index contributed by atoms with van der Waals surface area (Å²) in [4.78, 5) is 11.3. The van der Waals surface area contributed by atoms with E-state index in [1.54, 1.807) is 11.8 Å². The van der Waals surface area contributed by atoms with E-state index >= 15 is 0 Å². The normalized spacial score (nSPS) is 10.1. The molecule has 0 radical (unpaired) electrons. The molecule has 0 aromatic heterocycles. The van der Waals surface area contributed by atoms with Gasteiger partial charge in [0.05, 0.1) is 5.75 Å². The van der Waals surface area contributed by atoms with Gasteiger partial charge >= 0.3 is 0 Å². The molecule has 0 rings (SSSR count). The topological polar surface area (TPSA) is 41.1 Å². The van der Waals surface area contributed by atoms with Gasteiger partial charge in [-0.3, -0.25) is 4.79 Å². The predicted molar refractivity (Wildman–Crippen MR) is 71.5 cm³/mol. The first-order chi connectivity index (χ1) is 7.66. The van der Waals surface area contributed by atoms with Crippen LogP contribution in [-0.4, -0.2) is 36.5 Å². The van der Waals surface area contributed by atoms with Crippen molar-refractivity contribution in [2.24, 2.45) is 0 Å². The SMILES string of the molecule is C#CCSCCNC(=O)CCCNC(C)C. The molecule has 0 aromatic rings. The standard InChI is InChI=1S/C12H22N2OS/c1-4-9-16-10-8-14-12(15)6-5-7-13-11(2)3/h1,11,13H,5-10H2,2-3H3,(H,14,15). The molecule has 4 heteroatoms. The van der Waals surface area contributed by atoms with Gasteiger partial charge in [-0.25, -0.2) is 0 Å². The second kappa shape index (κ2) is 10.8. The van der Waals surface area contributed by atoms with E-state index in [1.807, 2.05) is 0 Å². The van der Waals surface area contributed by atoms with Crippen LogP contribution >= 0.6 is 11.8 Å². The van der Waals surface area contributed by atoms with Crippen molar-refractivity contribution in [2.75, 3.05) is 24.6 Å². The number of carbonyl (C=O) groups is 1. The van der Waals surface area contributed by atoms with Gasteiger partial charge in [-0.15, -0.1) is 18.2 Å². The number of terminal acetylenes is 1. The largest absolute Gasteiger partial charge is 0.355 e. The summed E-state index contributed by atoms with van der Waals surface area (Å²) in [6.45, 7) is 5.81. The minimum Gasteiger partial charge on any atom is -0.355 e. The molecule has 0 spiro atoms. The summed E-state index contributed by atoms with van der Waals surface area (Å²) in [6.07, 6.45) is 6.60. The molecule has 0 aromatic carbocycles. The lowest BCUT2D eigenvalue weighted by molar-refractivity contribution is -0.121. The predicted octanol–water partition coefficient (Wildman–Crippen LogP) is 1.25. The molecule has 16 heavy (non-hydrogen) atoms. The van der Waals surface area contributed by atoms with Crippen molar-refractivity contribution in [3.63, 3.8) is 0 Å². The molecule has 0 unspecified atom stereocenters. The Labute approximate surface area is 103 Å². The molecule has 0 saturated heterocycles. The van der Waals surface area contributed by atoms with Gasteiger partial charge in [-0.2, -0.15) is 0 Å². The van der Waals surface area contributed by atoms with Crippen molar-refractivity contribution in [3.8, 4) is 12.3 Å². The molecule has 0 heterocycles. The molecule has 92 valence electrons. The van der Waals surface area contributed by atoms with E-state index < -0.39 is 0 Å². The van der Waals surface area contributed by atoms with E-state index in [1.165, 1.54) is 0 Å². The van der Waals surface area contributed by atoms with Gasteiger partial charge in [0.2, 0.25) is 5.91 Å². The Balaban J connectivity index is 3.22. The van der Waals surface area contributed by atoms with Gasteiger partial charge in [0.25, 0.3) is 0 Å². The molecule has 0 saturated carbocycles. The lowest BCUT2D eigenvalue weighted by Crippen LogP contribution is -2.28. The van der Waals surface area contributed by atoms with Crippen molar-refractivity contribution in [1.29, 1.82) is 0 Å². The summed E-state index contributed by atoms with van der Waals surface area (Å²) in [7, 11) is 0. The van der Waals surface area contributed by atoms with E-state index in [0.717, 1.165) is 18.7 Å². The van der Waals surface area contributed by atoms with E-state index in [0.29, 0.717) is 24.8 Å². The molecular weight excluding hydrogens is 220 g/mol. The van der Waals surface area contributed by atoms with E-state index in [4.69, 9.17) is 6.42 Å². The second-order valence-electron chi connectivity index (χ2n) is 3.82. The Hall–Kier alpha value is -0.660. The number of hydrogen-bond acceptors (Lipinski definition) is 3. The molecular formula is C12H22N2OS. The van der Waals surface area contributed by atoms with Crippen LogP contribution in [0.3, 0.4) is 0 Å². The molecule has 0 fully saturated rings. The molecule has 1 amide bonds. The van der Waals surface area contributed by atoms with Crippen LogP contribution in [0.15, 0.2) is 0 Å². The van der Waals surface area contributed by atoms with Crippen molar-refractivity contribution >= 4 is 17.7 Å². The first-order valence-electron chi connectivity index (χ1n) is 5.68. The zero-order chi connectivity index (χ0) is 12.2. The van der Waals surface area contributed by atoms with Crippen LogP contribution in [0.4, 0.5) is 0 Å². The fraction of sp³-hybridized carbons (Fsp3) is 0.750. The van der Waals surface area contributed by atoms with Crippen molar-refractivity contribution in [1.82, 2.24) is 10.6 Å². The number of thioether (sulfide) groups is 1. The van der Waals surface area contributed by atoms with Gasteiger partial charge < -0.3 is 10.6 Å². The van der Waals surface area contributed by atoms with Crippen LogP contribution < -0.4 is 10.6 Å².